The lowest BCUT2D eigenvalue weighted by atomic mass is 10.2. The van der Waals surface area contributed by atoms with Gasteiger partial charge in [-0.1, -0.05) is 30.3 Å². The van der Waals surface area contributed by atoms with Crippen LogP contribution in [0, 0.1) is 0 Å². The second kappa shape index (κ2) is 8.67. The number of ether oxygens (including phenoxy) is 1. The number of nitrogens with zero attached hydrogens (tertiary/aromatic N) is 1. The Labute approximate surface area is 126 Å². The van der Waals surface area contributed by atoms with Crippen LogP contribution in [0.1, 0.15) is 18.9 Å². The second-order valence-corrected chi connectivity index (χ2v) is 6.62. The van der Waals surface area contributed by atoms with Gasteiger partial charge in [0.05, 0.1) is 19.3 Å². The molecule has 0 spiro atoms. The fourth-order valence-corrected chi connectivity index (χ4v) is 3.50. The Balaban J connectivity index is 1.68. The summed E-state index contributed by atoms with van der Waals surface area (Å²) in [6.07, 6.45) is 0.812. The molecule has 0 aromatic heterocycles. The van der Waals surface area contributed by atoms with Gasteiger partial charge in [0.25, 0.3) is 0 Å². The van der Waals surface area contributed by atoms with Crippen LogP contribution >= 0.6 is 11.8 Å². The first-order chi connectivity index (χ1) is 9.75. The van der Waals surface area contributed by atoms with E-state index in [0.717, 1.165) is 18.7 Å². The van der Waals surface area contributed by atoms with Crippen LogP contribution in [0.25, 0.3) is 0 Å². The van der Waals surface area contributed by atoms with Crippen molar-refractivity contribution in [2.24, 2.45) is 0 Å². The standard InChI is InChI=1S/C16H25NO2S/c1-14-7-9-20-10-8-17(14)11-16(18)13-19-12-15-5-3-2-4-6-15/h2-6,14,16,18H,7-13H2,1H3/t14?,16-/m0/s1. The zero-order chi connectivity index (χ0) is 14.2. The number of thioether (sulfide) groups is 1. The Morgan fingerprint density at radius 1 is 1.35 bits per heavy atom. The van der Waals surface area contributed by atoms with Crippen molar-refractivity contribution in [3.8, 4) is 0 Å². The normalized spacial score (nSPS) is 22.4. The third-order valence-electron chi connectivity index (χ3n) is 3.69. The molecule has 1 aliphatic rings. The largest absolute Gasteiger partial charge is 0.389 e. The van der Waals surface area contributed by atoms with Crippen LogP contribution in [0.3, 0.4) is 0 Å². The highest BCUT2D eigenvalue weighted by Crippen LogP contribution is 2.16. The van der Waals surface area contributed by atoms with Crippen molar-refractivity contribution in [3.63, 3.8) is 0 Å². The molecule has 0 saturated carbocycles. The molecule has 1 aromatic carbocycles. The average molecular weight is 295 g/mol. The lowest BCUT2D eigenvalue weighted by Crippen LogP contribution is -2.41. The third-order valence-corrected chi connectivity index (χ3v) is 4.69. The van der Waals surface area contributed by atoms with E-state index in [0.29, 0.717) is 19.3 Å². The SMILES string of the molecule is CC1CCSCCN1C[C@H](O)COCc1ccccc1. The Hall–Kier alpha value is -0.550. The number of β-amino-alcohol motifs (C(OH)–C–C–N with tert-alkyl or cyclic N) is 1. The molecule has 1 heterocycles. The topological polar surface area (TPSA) is 32.7 Å². The summed E-state index contributed by atoms with van der Waals surface area (Å²) in [6, 6.07) is 10.7. The van der Waals surface area contributed by atoms with Crippen LogP contribution in [-0.4, -0.2) is 53.4 Å². The molecule has 0 bridgehead atoms. The van der Waals surface area contributed by atoms with E-state index >= 15 is 0 Å². The molecule has 0 aliphatic carbocycles. The molecule has 1 saturated heterocycles. The maximum atomic E-state index is 10.1. The molecule has 1 fully saturated rings. The van der Waals surface area contributed by atoms with E-state index in [4.69, 9.17) is 4.74 Å². The van der Waals surface area contributed by atoms with Crippen molar-refractivity contribution in [2.75, 3.05) is 31.2 Å². The number of aliphatic hydroxyl groups is 1. The molecule has 1 N–H and O–H groups in total. The summed E-state index contributed by atoms with van der Waals surface area (Å²) in [4.78, 5) is 2.39. The fourth-order valence-electron chi connectivity index (χ4n) is 2.42. The molecule has 112 valence electrons. The molecule has 1 aromatic rings. The van der Waals surface area contributed by atoms with Crippen LogP contribution in [0.4, 0.5) is 0 Å². The number of hydrogen-bond donors (Lipinski definition) is 1. The first kappa shape index (κ1) is 15.8. The fraction of sp³-hybridized carbons (Fsp3) is 0.625. The molecule has 0 amide bonds. The summed E-state index contributed by atoms with van der Waals surface area (Å²) in [5.41, 5.74) is 1.15. The predicted molar refractivity (Wildman–Crippen MR) is 85.1 cm³/mol. The van der Waals surface area contributed by atoms with Gasteiger partial charge in [-0.25, -0.2) is 0 Å². The molecule has 0 radical (unpaired) electrons. The summed E-state index contributed by atoms with van der Waals surface area (Å²) in [7, 11) is 0. The van der Waals surface area contributed by atoms with Crippen LogP contribution < -0.4 is 0 Å². The quantitative estimate of drug-likeness (QED) is 0.873. The van der Waals surface area contributed by atoms with Crippen molar-refractivity contribution < 1.29 is 9.84 Å². The summed E-state index contributed by atoms with van der Waals surface area (Å²) >= 11 is 2.01. The van der Waals surface area contributed by atoms with Gasteiger partial charge >= 0.3 is 0 Å². The molecule has 2 rings (SSSR count). The van der Waals surface area contributed by atoms with E-state index in [-0.39, 0.29) is 0 Å². The van der Waals surface area contributed by atoms with Gasteiger partial charge in [-0.2, -0.15) is 11.8 Å². The lowest BCUT2D eigenvalue weighted by Gasteiger charge is -2.28. The van der Waals surface area contributed by atoms with Crippen molar-refractivity contribution >= 4 is 11.8 Å². The van der Waals surface area contributed by atoms with E-state index in [1.165, 1.54) is 17.9 Å². The van der Waals surface area contributed by atoms with Gasteiger partial charge in [0.15, 0.2) is 0 Å². The van der Waals surface area contributed by atoms with Crippen LogP contribution in [0.5, 0.6) is 0 Å². The summed E-state index contributed by atoms with van der Waals surface area (Å²) in [5, 5.41) is 10.1. The van der Waals surface area contributed by atoms with E-state index < -0.39 is 6.10 Å². The van der Waals surface area contributed by atoms with Gasteiger partial charge in [0.1, 0.15) is 0 Å². The molecule has 4 heteroatoms. The Kier molecular flexibility index (Phi) is 6.87. The summed E-state index contributed by atoms with van der Waals surface area (Å²) in [5.74, 6) is 2.40. The van der Waals surface area contributed by atoms with Gasteiger partial charge < -0.3 is 9.84 Å². The minimum Gasteiger partial charge on any atom is -0.389 e. The molecule has 1 aliphatic heterocycles. The van der Waals surface area contributed by atoms with Gasteiger partial charge in [0.2, 0.25) is 0 Å². The number of hydrogen-bond acceptors (Lipinski definition) is 4. The zero-order valence-corrected chi connectivity index (χ0v) is 13.0. The Bertz CT molecular complexity index is 374. The molecule has 2 atom stereocenters. The highest BCUT2D eigenvalue weighted by atomic mass is 32.2. The second-order valence-electron chi connectivity index (χ2n) is 5.40. The third kappa shape index (κ3) is 5.44. The maximum absolute atomic E-state index is 10.1. The number of aliphatic hydroxyl groups excluding tert-OH is 1. The van der Waals surface area contributed by atoms with Gasteiger partial charge in [-0.3, -0.25) is 4.90 Å². The minimum absolute atomic E-state index is 0.399. The molecule has 20 heavy (non-hydrogen) atoms. The Morgan fingerprint density at radius 3 is 2.95 bits per heavy atom. The zero-order valence-electron chi connectivity index (χ0n) is 12.2. The van der Waals surface area contributed by atoms with Crippen molar-refractivity contribution in [3.05, 3.63) is 35.9 Å². The van der Waals surface area contributed by atoms with E-state index in [9.17, 15) is 5.11 Å². The maximum Gasteiger partial charge on any atom is 0.0900 e. The van der Waals surface area contributed by atoms with E-state index in [1.807, 2.05) is 42.1 Å². The summed E-state index contributed by atoms with van der Waals surface area (Å²) in [6.45, 7) is 5.02. The van der Waals surface area contributed by atoms with Gasteiger partial charge in [0, 0.05) is 24.9 Å². The predicted octanol–water partition coefficient (Wildman–Crippen LogP) is 2.39. The van der Waals surface area contributed by atoms with Crippen LogP contribution in [0.15, 0.2) is 30.3 Å². The minimum atomic E-state index is -0.399. The number of rotatable bonds is 6. The van der Waals surface area contributed by atoms with Crippen LogP contribution in [0.2, 0.25) is 0 Å². The highest BCUT2D eigenvalue weighted by Gasteiger charge is 2.19. The molecular formula is C16H25NO2S. The Morgan fingerprint density at radius 2 is 2.15 bits per heavy atom. The van der Waals surface area contributed by atoms with Crippen molar-refractivity contribution in [2.45, 2.75) is 32.1 Å². The highest BCUT2D eigenvalue weighted by molar-refractivity contribution is 7.99. The molecular weight excluding hydrogens is 270 g/mol. The smallest absolute Gasteiger partial charge is 0.0900 e. The first-order valence-corrected chi connectivity index (χ1v) is 8.52. The first-order valence-electron chi connectivity index (χ1n) is 7.37. The summed E-state index contributed by atoms with van der Waals surface area (Å²) < 4.78 is 5.61. The lowest BCUT2D eigenvalue weighted by molar-refractivity contribution is 0.00495. The van der Waals surface area contributed by atoms with Gasteiger partial charge in [-0.15, -0.1) is 0 Å². The number of benzene rings is 1. The monoisotopic (exact) mass is 295 g/mol. The van der Waals surface area contributed by atoms with Crippen molar-refractivity contribution in [1.29, 1.82) is 0 Å². The average Bonchev–Trinajstić information content (AvgIpc) is 2.65. The van der Waals surface area contributed by atoms with E-state index in [1.54, 1.807) is 0 Å². The molecule has 1 unspecified atom stereocenters. The van der Waals surface area contributed by atoms with Crippen LogP contribution in [-0.2, 0) is 11.3 Å². The van der Waals surface area contributed by atoms with E-state index in [2.05, 4.69) is 11.8 Å². The van der Waals surface area contributed by atoms with Crippen molar-refractivity contribution in [1.82, 2.24) is 4.90 Å². The van der Waals surface area contributed by atoms with Gasteiger partial charge in [-0.05, 0) is 24.7 Å². The molecule has 3 nitrogen and oxygen atoms in total.